The number of thiol groups is 1. The molecule has 2 N–H and O–H groups in total. The third kappa shape index (κ3) is 3.49. The minimum absolute atomic E-state index is 0.153. The second kappa shape index (κ2) is 4.66. The van der Waals surface area contributed by atoms with Gasteiger partial charge in [0.25, 0.3) is 5.24 Å². The van der Waals surface area contributed by atoms with Gasteiger partial charge in [0.05, 0.1) is 0 Å². The fourth-order valence-corrected chi connectivity index (χ4v) is 1.13. The lowest BCUT2D eigenvalue weighted by Gasteiger charge is -2.05. The summed E-state index contributed by atoms with van der Waals surface area (Å²) in [7, 11) is 0. The maximum absolute atomic E-state index is 10.7. The van der Waals surface area contributed by atoms with E-state index in [9.17, 15) is 9.59 Å². The minimum Gasteiger partial charge on any atom is -0.326 e. The molecule has 0 heterocycles. The predicted molar refractivity (Wildman–Crippen MR) is 58.8 cm³/mol. The Labute approximate surface area is 87.1 Å². The summed E-state index contributed by atoms with van der Waals surface area (Å²) in [6.45, 7) is 1.42. The van der Waals surface area contributed by atoms with Crippen molar-refractivity contribution in [2.24, 2.45) is 0 Å². The van der Waals surface area contributed by atoms with Crippen LogP contribution < -0.4 is 10.6 Å². The average Bonchev–Trinajstić information content (AvgIpc) is 2.01. The van der Waals surface area contributed by atoms with Crippen LogP contribution in [0.1, 0.15) is 6.92 Å². The van der Waals surface area contributed by atoms with Gasteiger partial charge in [0.15, 0.2) is 0 Å². The maximum Gasteiger partial charge on any atom is 0.280 e. The Bertz CT molecular complexity index is 334. The van der Waals surface area contributed by atoms with E-state index in [4.69, 9.17) is 0 Å². The molecule has 0 aliphatic carbocycles. The van der Waals surface area contributed by atoms with Gasteiger partial charge < -0.3 is 10.6 Å². The molecular weight excluding hydrogens is 200 g/mol. The highest BCUT2D eigenvalue weighted by atomic mass is 32.1. The van der Waals surface area contributed by atoms with E-state index < -0.39 is 5.24 Å². The van der Waals surface area contributed by atoms with Crippen LogP contribution in [0, 0.1) is 0 Å². The summed E-state index contributed by atoms with van der Waals surface area (Å²) in [6, 6.07) is 6.81. The summed E-state index contributed by atoms with van der Waals surface area (Å²) in [4.78, 5) is 21.3. The molecule has 0 aliphatic heterocycles. The molecule has 0 unspecified atom stereocenters. The standard InChI is InChI=1S/C9H10N2O2S/c1-6(12)10-7-3-2-4-8(5-7)11-9(13)14/h2-5H,1H3,(H,10,12)(H2,11,13,14). The smallest absolute Gasteiger partial charge is 0.280 e. The summed E-state index contributed by atoms with van der Waals surface area (Å²) in [5, 5.41) is 4.66. The fraction of sp³-hybridized carbons (Fsp3) is 0.111. The summed E-state index contributed by atoms with van der Waals surface area (Å²) in [5.74, 6) is -0.153. The number of carbonyl (C=O) groups is 2. The molecule has 1 rings (SSSR count). The van der Waals surface area contributed by atoms with E-state index in [2.05, 4.69) is 23.3 Å². The highest BCUT2D eigenvalue weighted by molar-refractivity contribution is 7.96. The number of rotatable bonds is 2. The van der Waals surface area contributed by atoms with E-state index in [0.717, 1.165) is 0 Å². The first-order valence-electron chi connectivity index (χ1n) is 3.95. The molecule has 0 spiro atoms. The third-order valence-corrected chi connectivity index (χ3v) is 1.55. The van der Waals surface area contributed by atoms with Crippen LogP contribution in [-0.4, -0.2) is 11.1 Å². The van der Waals surface area contributed by atoms with Crippen molar-refractivity contribution in [3.8, 4) is 0 Å². The van der Waals surface area contributed by atoms with Gasteiger partial charge in [-0.05, 0) is 18.2 Å². The van der Waals surface area contributed by atoms with E-state index in [-0.39, 0.29) is 5.91 Å². The van der Waals surface area contributed by atoms with Crippen molar-refractivity contribution in [2.45, 2.75) is 6.92 Å². The van der Waals surface area contributed by atoms with Crippen molar-refractivity contribution in [3.05, 3.63) is 24.3 Å². The lowest BCUT2D eigenvalue weighted by molar-refractivity contribution is -0.114. The second-order valence-electron chi connectivity index (χ2n) is 2.69. The van der Waals surface area contributed by atoms with Crippen molar-refractivity contribution >= 4 is 35.1 Å². The number of anilines is 2. The zero-order valence-corrected chi connectivity index (χ0v) is 8.47. The van der Waals surface area contributed by atoms with Crippen molar-refractivity contribution < 1.29 is 9.59 Å². The molecule has 4 nitrogen and oxygen atoms in total. The number of benzene rings is 1. The molecule has 74 valence electrons. The first kappa shape index (κ1) is 10.6. The normalized spacial score (nSPS) is 9.29. The maximum atomic E-state index is 10.7. The van der Waals surface area contributed by atoms with Gasteiger partial charge in [-0.3, -0.25) is 9.59 Å². The zero-order chi connectivity index (χ0) is 10.6. The van der Waals surface area contributed by atoms with Crippen molar-refractivity contribution in [2.75, 3.05) is 10.6 Å². The van der Waals surface area contributed by atoms with E-state index in [1.807, 2.05) is 0 Å². The minimum atomic E-state index is -0.440. The summed E-state index contributed by atoms with van der Waals surface area (Å²) in [6.07, 6.45) is 0. The number of nitrogens with one attached hydrogen (secondary N) is 2. The Morgan fingerprint density at radius 2 is 1.79 bits per heavy atom. The Morgan fingerprint density at radius 1 is 1.21 bits per heavy atom. The lowest BCUT2D eigenvalue weighted by Crippen LogP contribution is -2.06. The topological polar surface area (TPSA) is 58.2 Å². The molecule has 0 aromatic heterocycles. The Hall–Kier alpha value is -1.49. The average molecular weight is 210 g/mol. The van der Waals surface area contributed by atoms with Gasteiger partial charge in [-0.25, -0.2) is 0 Å². The van der Waals surface area contributed by atoms with E-state index >= 15 is 0 Å². The van der Waals surface area contributed by atoms with Crippen LogP contribution >= 0.6 is 12.6 Å². The van der Waals surface area contributed by atoms with E-state index in [1.165, 1.54) is 6.92 Å². The predicted octanol–water partition coefficient (Wildman–Crippen LogP) is 2.11. The van der Waals surface area contributed by atoms with Crippen LogP contribution in [0.5, 0.6) is 0 Å². The Kier molecular flexibility index (Phi) is 3.53. The molecular formula is C9H10N2O2S. The van der Waals surface area contributed by atoms with Crippen LogP contribution in [0.2, 0.25) is 0 Å². The molecule has 0 atom stereocenters. The van der Waals surface area contributed by atoms with Gasteiger partial charge in [0.2, 0.25) is 5.91 Å². The van der Waals surface area contributed by atoms with Gasteiger partial charge in [-0.1, -0.05) is 18.7 Å². The summed E-state index contributed by atoms with van der Waals surface area (Å²) < 4.78 is 0. The van der Waals surface area contributed by atoms with Crippen LogP contribution in [-0.2, 0) is 4.79 Å². The quantitative estimate of drug-likeness (QED) is 0.655. The highest BCUT2D eigenvalue weighted by Gasteiger charge is 1.98. The second-order valence-corrected chi connectivity index (χ2v) is 3.10. The van der Waals surface area contributed by atoms with Crippen LogP contribution in [0.25, 0.3) is 0 Å². The number of hydrogen-bond donors (Lipinski definition) is 3. The molecule has 5 heteroatoms. The van der Waals surface area contributed by atoms with Crippen molar-refractivity contribution in [1.29, 1.82) is 0 Å². The molecule has 0 fully saturated rings. The van der Waals surface area contributed by atoms with Gasteiger partial charge in [-0.2, -0.15) is 0 Å². The third-order valence-electron chi connectivity index (χ3n) is 1.43. The van der Waals surface area contributed by atoms with Gasteiger partial charge in [-0.15, -0.1) is 0 Å². The molecule has 0 saturated heterocycles. The van der Waals surface area contributed by atoms with E-state index in [0.29, 0.717) is 11.4 Å². The monoisotopic (exact) mass is 210 g/mol. The van der Waals surface area contributed by atoms with Crippen LogP contribution in [0.15, 0.2) is 24.3 Å². The summed E-state index contributed by atoms with van der Waals surface area (Å²) in [5.41, 5.74) is 1.23. The molecule has 0 bridgehead atoms. The Morgan fingerprint density at radius 3 is 2.29 bits per heavy atom. The first-order valence-corrected chi connectivity index (χ1v) is 4.40. The number of hydrogen-bond acceptors (Lipinski definition) is 2. The first-order chi connectivity index (χ1) is 6.58. The van der Waals surface area contributed by atoms with E-state index in [1.54, 1.807) is 24.3 Å². The molecule has 1 aromatic carbocycles. The summed E-state index contributed by atoms with van der Waals surface area (Å²) >= 11 is 3.58. The fourth-order valence-electron chi connectivity index (χ4n) is 1.00. The van der Waals surface area contributed by atoms with Crippen molar-refractivity contribution in [1.82, 2.24) is 0 Å². The molecule has 14 heavy (non-hydrogen) atoms. The molecule has 0 radical (unpaired) electrons. The van der Waals surface area contributed by atoms with Gasteiger partial charge in [0, 0.05) is 18.3 Å². The van der Waals surface area contributed by atoms with Crippen LogP contribution in [0.3, 0.4) is 0 Å². The molecule has 0 saturated carbocycles. The number of carbonyl (C=O) groups excluding carboxylic acids is 2. The number of amides is 2. The van der Waals surface area contributed by atoms with Gasteiger partial charge in [0.1, 0.15) is 0 Å². The highest BCUT2D eigenvalue weighted by Crippen LogP contribution is 2.15. The van der Waals surface area contributed by atoms with Crippen LogP contribution in [0.4, 0.5) is 16.2 Å². The molecule has 1 aromatic rings. The zero-order valence-electron chi connectivity index (χ0n) is 7.57. The SMILES string of the molecule is CC(=O)Nc1cccc(NC(=O)S)c1. The van der Waals surface area contributed by atoms with Crippen molar-refractivity contribution in [3.63, 3.8) is 0 Å². The Balaban J connectivity index is 2.78. The van der Waals surface area contributed by atoms with Gasteiger partial charge >= 0.3 is 0 Å². The lowest BCUT2D eigenvalue weighted by atomic mass is 10.3. The molecule has 2 amide bonds. The molecule has 0 aliphatic rings. The largest absolute Gasteiger partial charge is 0.326 e.